The van der Waals surface area contributed by atoms with E-state index in [1.165, 1.54) is 12.3 Å². The summed E-state index contributed by atoms with van der Waals surface area (Å²) in [5, 5.41) is 9.19. The van der Waals surface area contributed by atoms with Gasteiger partial charge < -0.3 is 14.6 Å². The van der Waals surface area contributed by atoms with E-state index in [1.54, 1.807) is 11.8 Å². The lowest BCUT2D eigenvalue weighted by Gasteiger charge is -2.19. The van der Waals surface area contributed by atoms with E-state index in [1.807, 2.05) is 50.2 Å². The van der Waals surface area contributed by atoms with Crippen molar-refractivity contribution in [3.05, 3.63) is 76.1 Å². The van der Waals surface area contributed by atoms with Gasteiger partial charge in [-0.15, -0.1) is 11.8 Å². The molecule has 2 aliphatic rings. The van der Waals surface area contributed by atoms with Crippen molar-refractivity contribution < 1.29 is 32.2 Å². The SMILES string of the molecule is Cc1cc(OCCCS(C)(=O)=O)cc(C)c1-c1c(F)ccc2c1CCC2Oc1ccc2c(c1)SCC2CC(=O)O. The van der Waals surface area contributed by atoms with Gasteiger partial charge in [-0.3, -0.25) is 4.79 Å². The third-order valence-corrected chi connectivity index (χ3v) is 9.81. The molecule has 6 nitrogen and oxygen atoms in total. The maximum Gasteiger partial charge on any atom is 0.303 e. The second-order valence-corrected chi connectivity index (χ2v) is 14.0. The largest absolute Gasteiger partial charge is 0.494 e. The lowest BCUT2D eigenvalue weighted by atomic mass is 9.90. The van der Waals surface area contributed by atoms with Crippen LogP contribution in [0.5, 0.6) is 11.5 Å². The number of rotatable bonds is 10. The van der Waals surface area contributed by atoms with Crippen LogP contribution in [0.3, 0.4) is 0 Å². The number of aryl methyl sites for hydroxylation is 2. The molecule has 0 saturated carbocycles. The summed E-state index contributed by atoms with van der Waals surface area (Å²) in [5.41, 5.74) is 6.22. The van der Waals surface area contributed by atoms with Gasteiger partial charge in [0.2, 0.25) is 0 Å². The minimum absolute atomic E-state index is 0.0139. The number of sulfone groups is 1. The molecule has 1 aliphatic heterocycles. The molecule has 1 N–H and O–H groups in total. The Hall–Kier alpha value is -3.04. The molecule has 0 saturated heterocycles. The number of benzene rings is 3. The average molecular weight is 585 g/mol. The Kier molecular flexibility index (Phi) is 8.15. The topological polar surface area (TPSA) is 89.9 Å². The quantitative estimate of drug-likeness (QED) is 0.267. The third-order valence-electron chi connectivity index (χ3n) is 7.55. The van der Waals surface area contributed by atoms with E-state index >= 15 is 4.39 Å². The molecule has 1 heterocycles. The standard InChI is InChI=1S/C31H33FO6S2/c1-18-13-22(37-11-4-12-40(3,35)36)14-19(2)30(18)31-25-8-10-27(24(25)7-9-26(31)32)38-21-5-6-23-20(15-29(33)34)17-39-28(23)16-21/h5-7,9,13-14,16,20,27H,4,8,10-12,15,17H2,1-3H3,(H,33,34). The highest BCUT2D eigenvalue weighted by Gasteiger charge is 2.31. The molecule has 0 amide bonds. The second-order valence-electron chi connectivity index (χ2n) is 10.7. The molecule has 40 heavy (non-hydrogen) atoms. The van der Waals surface area contributed by atoms with Crippen LogP contribution in [0, 0.1) is 19.7 Å². The lowest BCUT2D eigenvalue weighted by molar-refractivity contribution is -0.137. The molecular weight excluding hydrogens is 551 g/mol. The first-order chi connectivity index (χ1) is 19.0. The highest BCUT2D eigenvalue weighted by atomic mass is 32.2. The molecule has 212 valence electrons. The first kappa shape index (κ1) is 28.5. The summed E-state index contributed by atoms with van der Waals surface area (Å²) in [6.07, 6.45) is 2.97. The Morgan fingerprint density at radius 2 is 1.77 bits per heavy atom. The van der Waals surface area contributed by atoms with Gasteiger partial charge in [0.15, 0.2) is 0 Å². The second kappa shape index (κ2) is 11.4. The fourth-order valence-corrected chi connectivity index (χ4v) is 7.74. The van der Waals surface area contributed by atoms with Crippen LogP contribution < -0.4 is 9.47 Å². The summed E-state index contributed by atoms with van der Waals surface area (Å²) in [7, 11) is -3.03. The summed E-state index contributed by atoms with van der Waals surface area (Å²) >= 11 is 1.66. The normalized spacial score (nSPS) is 17.9. The van der Waals surface area contributed by atoms with Crippen molar-refractivity contribution in [1.29, 1.82) is 0 Å². The number of fused-ring (bicyclic) bond motifs is 2. The summed E-state index contributed by atoms with van der Waals surface area (Å²) in [5.74, 6) is 1.15. The van der Waals surface area contributed by atoms with Crippen LogP contribution in [0.25, 0.3) is 11.1 Å². The van der Waals surface area contributed by atoms with Crippen molar-refractivity contribution in [2.24, 2.45) is 0 Å². The van der Waals surface area contributed by atoms with Gasteiger partial charge in [-0.05, 0) is 96.8 Å². The number of ether oxygens (including phenoxy) is 2. The fourth-order valence-electron chi connectivity index (χ4n) is 5.82. The van der Waals surface area contributed by atoms with Gasteiger partial charge in [0, 0.05) is 28.4 Å². The van der Waals surface area contributed by atoms with Crippen molar-refractivity contribution >= 4 is 27.6 Å². The van der Waals surface area contributed by atoms with E-state index < -0.39 is 15.8 Å². The van der Waals surface area contributed by atoms with Crippen LogP contribution in [-0.4, -0.2) is 43.9 Å². The van der Waals surface area contributed by atoms with Crippen molar-refractivity contribution in [2.75, 3.05) is 24.4 Å². The molecular formula is C31H33FO6S2. The molecule has 1 aliphatic carbocycles. The summed E-state index contributed by atoms with van der Waals surface area (Å²) in [6, 6.07) is 13.0. The number of aliphatic carboxylic acids is 1. The average Bonchev–Trinajstić information content (AvgIpc) is 3.45. The molecule has 0 fully saturated rings. The summed E-state index contributed by atoms with van der Waals surface area (Å²) in [6.45, 7) is 4.17. The van der Waals surface area contributed by atoms with E-state index in [0.29, 0.717) is 30.8 Å². The third kappa shape index (κ3) is 6.15. The van der Waals surface area contributed by atoms with Gasteiger partial charge in [-0.25, -0.2) is 12.8 Å². The minimum atomic E-state index is -3.03. The van der Waals surface area contributed by atoms with Gasteiger partial charge in [-0.2, -0.15) is 0 Å². The minimum Gasteiger partial charge on any atom is -0.494 e. The fraction of sp³-hybridized carbons (Fsp3) is 0.387. The van der Waals surface area contributed by atoms with E-state index in [0.717, 1.165) is 56.2 Å². The van der Waals surface area contributed by atoms with Gasteiger partial charge in [0.25, 0.3) is 0 Å². The maximum atomic E-state index is 15.4. The zero-order valence-electron chi connectivity index (χ0n) is 22.8. The van der Waals surface area contributed by atoms with Crippen LogP contribution in [0.2, 0.25) is 0 Å². The van der Waals surface area contributed by atoms with E-state index in [4.69, 9.17) is 9.47 Å². The monoisotopic (exact) mass is 584 g/mol. The smallest absolute Gasteiger partial charge is 0.303 e. The van der Waals surface area contributed by atoms with Crippen LogP contribution in [-0.2, 0) is 21.1 Å². The van der Waals surface area contributed by atoms with E-state index in [2.05, 4.69) is 0 Å². The molecule has 2 unspecified atom stereocenters. The van der Waals surface area contributed by atoms with Crippen LogP contribution in [0.4, 0.5) is 4.39 Å². The summed E-state index contributed by atoms with van der Waals surface area (Å²) < 4.78 is 50.4. The molecule has 5 rings (SSSR count). The predicted octanol–water partition coefficient (Wildman–Crippen LogP) is 6.65. The number of hydrogen-bond donors (Lipinski definition) is 1. The Labute approximate surface area is 238 Å². The molecule has 3 aromatic rings. The molecule has 0 radical (unpaired) electrons. The van der Waals surface area contributed by atoms with Crippen LogP contribution >= 0.6 is 11.8 Å². The Balaban J connectivity index is 1.36. The Morgan fingerprint density at radius 1 is 1.05 bits per heavy atom. The van der Waals surface area contributed by atoms with Crippen LogP contribution in [0.1, 0.15) is 59.1 Å². The van der Waals surface area contributed by atoms with E-state index in [9.17, 15) is 18.3 Å². The number of carboxylic acid groups (broad SMARTS) is 1. The number of carboxylic acids is 1. The first-order valence-electron chi connectivity index (χ1n) is 13.4. The molecule has 0 spiro atoms. The van der Waals surface area contributed by atoms with Crippen molar-refractivity contribution in [1.82, 2.24) is 0 Å². The highest BCUT2D eigenvalue weighted by Crippen LogP contribution is 2.46. The number of halogens is 1. The van der Waals surface area contributed by atoms with Gasteiger partial charge >= 0.3 is 5.97 Å². The Morgan fingerprint density at radius 3 is 2.48 bits per heavy atom. The molecule has 0 aromatic heterocycles. The lowest BCUT2D eigenvalue weighted by Crippen LogP contribution is -2.08. The number of thioether (sulfide) groups is 1. The van der Waals surface area contributed by atoms with Crippen LogP contribution in [0.15, 0.2) is 47.4 Å². The van der Waals surface area contributed by atoms with Gasteiger partial charge in [0.05, 0.1) is 18.8 Å². The Bertz CT molecular complexity index is 1540. The molecule has 9 heteroatoms. The van der Waals surface area contributed by atoms with E-state index in [-0.39, 0.29) is 30.0 Å². The van der Waals surface area contributed by atoms with Crippen molar-refractivity contribution in [3.8, 4) is 22.6 Å². The van der Waals surface area contributed by atoms with Gasteiger partial charge in [0.1, 0.15) is 33.3 Å². The zero-order chi connectivity index (χ0) is 28.6. The van der Waals surface area contributed by atoms with Crippen molar-refractivity contribution in [3.63, 3.8) is 0 Å². The zero-order valence-corrected chi connectivity index (χ0v) is 24.5. The summed E-state index contributed by atoms with van der Waals surface area (Å²) in [4.78, 5) is 12.3. The van der Waals surface area contributed by atoms with Gasteiger partial charge in [-0.1, -0.05) is 12.1 Å². The molecule has 2 atom stereocenters. The predicted molar refractivity (Wildman–Crippen MR) is 155 cm³/mol. The molecule has 0 bridgehead atoms. The van der Waals surface area contributed by atoms with Crippen molar-refractivity contribution in [2.45, 2.75) is 56.4 Å². The number of carbonyl (C=O) groups is 1. The first-order valence-corrected chi connectivity index (χ1v) is 16.4. The maximum absolute atomic E-state index is 15.4. The number of hydrogen-bond acceptors (Lipinski definition) is 6. The molecule has 3 aromatic carbocycles. The highest BCUT2D eigenvalue weighted by molar-refractivity contribution is 7.99.